The highest BCUT2D eigenvalue weighted by Gasteiger charge is 2.42. The molecule has 1 amide bonds. The molecule has 1 rings (SSSR count). The maximum absolute atomic E-state index is 12.0. The summed E-state index contributed by atoms with van der Waals surface area (Å²) in [5.41, 5.74) is 0. The number of rotatable bonds is 5. The molecule has 0 saturated carbocycles. The first-order valence-corrected chi connectivity index (χ1v) is 7.11. The second-order valence-corrected chi connectivity index (χ2v) is 5.99. The minimum absolute atomic E-state index is 0.0240. The van der Waals surface area contributed by atoms with E-state index >= 15 is 0 Å². The summed E-state index contributed by atoms with van der Waals surface area (Å²) in [4.78, 5) is 24.3. The number of carbonyl (C=O) groups excluding carboxylic acids is 1. The van der Waals surface area contributed by atoms with E-state index in [1.807, 2.05) is 19.2 Å². The molecule has 1 saturated heterocycles. The average Bonchev–Trinajstić information content (AvgIpc) is 2.71. The van der Waals surface area contributed by atoms with Gasteiger partial charge in [-0.2, -0.15) is 13.2 Å². The molecule has 9 heteroatoms. The van der Waals surface area contributed by atoms with Gasteiger partial charge in [-0.05, 0) is 5.92 Å². The Morgan fingerprint density at radius 3 is 2.50 bits per heavy atom. The largest absolute Gasteiger partial charge is 0.480 e. The van der Waals surface area contributed by atoms with E-state index in [0.717, 1.165) is 0 Å². The Morgan fingerprint density at radius 2 is 2.05 bits per heavy atom. The predicted octanol–water partition coefficient (Wildman–Crippen LogP) is 1.15. The summed E-state index contributed by atoms with van der Waals surface area (Å²) in [6, 6.07) is -0.979. The van der Waals surface area contributed by atoms with E-state index < -0.39 is 37.2 Å². The Bertz CT molecular complexity index is 376. The van der Waals surface area contributed by atoms with E-state index in [1.165, 1.54) is 16.7 Å². The number of aliphatic carboxylic acids is 1. The third-order valence-corrected chi connectivity index (χ3v) is 4.40. The number of halogens is 3. The van der Waals surface area contributed by atoms with E-state index in [-0.39, 0.29) is 17.0 Å². The molecule has 0 aromatic heterocycles. The maximum atomic E-state index is 12.0. The van der Waals surface area contributed by atoms with Gasteiger partial charge in [-0.25, -0.2) is 4.79 Å². The van der Waals surface area contributed by atoms with Crippen LogP contribution in [0.25, 0.3) is 0 Å². The van der Waals surface area contributed by atoms with Crippen molar-refractivity contribution in [3.63, 3.8) is 0 Å². The van der Waals surface area contributed by atoms with Crippen LogP contribution in [0.2, 0.25) is 0 Å². The fourth-order valence-electron chi connectivity index (χ4n) is 1.95. The van der Waals surface area contributed by atoms with Crippen LogP contribution >= 0.6 is 11.8 Å². The molecule has 5 nitrogen and oxygen atoms in total. The zero-order valence-corrected chi connectivity index (χ0v) is 11.9. The van der Waals surface area contributed by atoms with Crippen LogP contribution in [-0.4, -0.2) is 58.3 Å². The van der Waals surface area contributed by atoms with Crippen molar-refractivity contribution in [3.05, 3.63) is 0 Å². The minimum Gasteiger partial charge on any atom is -0.480 e. The summed E-state index contributed by atoms with van der Waals surface area (Å²) >= 11 is 1.34. The van der Waals surface area contributed by atoms with Crippen LogP contribution in [-0.2, 0) is 9.59 Å². The lowest BCUT2D eigenvalue weighted by Crippen LogP contribution is -2.50. The molecule has 1 heterocycles. The number of nitrogens with zero attached hydrogens (tertiary/aromatic N) is 1. The fourth-order valence-corrected chi connectivity index (χ4v) is 3.44. The second-order valence-electron chi connectivity index (χ2n) is 4.84. The van der Waals surface area contributed by atoms with Gasteiger partial charge in [-0.1, -0.05) is 13.8 Å². The van der Waals surface area contributed by atoms with Crippen molar-refractivity contribution in [1.29, 1.82) is 0 Å². The van der Waals surface area contributed by atoms with Crippen molar-refractivity contribution in [3.8, 4) is 0 Å². The van der Waals surface area contributed by atoms with Crippen molar-refractivity contribution >= 4 is 23.6 Å². The van der Waals surface area contributed by atoms with E-state index in [4.69, 9.17) is 5.11 Å². The predicted molar refractivity (Wildman–Crippen MR) is 68.3 cm³/mol. The van der Waals surface area contributed by atoms with Crippen molar-refractivity contribution in [2.45, 2.75) is 31.4 Å². The molecule has 0 radical (unpaired) electrons. The van der Waals surface area contributed by atoms with Gasteiger partial charge in [-0.15, -0.1) is 11.8 Å². The number of thioether (sulfide) groups is 1. The lowest BCUT2D eigenvalue weighted by molar-refractivity contribution is -0.150. The van der Waals surface area contributed by atoms with Crippen LogP contribution in [0.3, 0.4) is 0 Å². The standard InChI is InChI=1S/C11H17F3N2O3S/c1-6(2)9-16(7(4-20-9)10(18)19)8(17)3-15-5-11(12,13)14/h6-7,9,15H,3-5H2,1-2H3,(H,18,19). The molecular formula is C11H17F3N2O3S. The highest BCUT2D eigenvalue weighted by Crippen LogP contribution is 2.34. The van der Waals surface area contributed by atoms with Crippen LogP contribution < -0.4 is 5.32 Å². The highest BCUT2D eigenvalue weighted by atomic mass is 32.2. The molecule has 0 bridgehead atoms. The molecule has 0 aromatic carbocycles. The van der Waals surface area contributed by atoms with Gasteiger partial charge in [0.25, 0.3) is 0 Å². The molecular weight excluding hydrogens is 297 g/mol. The Hall–Kier alpha value is -0.960. The number of hydrogen-bond donors (Lipinski definition) is 2. The molecule has 0 aliphatic carbocycles. The van der Waals surface area contributed by atoms with Crippen LogP contribution in [0.4, 0.5) is 13.2 Å². The summed E-state index contributed by atoms with van der Waals surface area (Å²) in [5, 5.41) is 10.8. The monoisotopic (exact) mass is 314 g/mol. The fraction of sp³-hybridized carbons (Fsp3) is 0.818. The first-order chi connectivity index (χ1) is 9.13. The lowest BCUT2D eigenvalue weighted by atomic mass is 10.1. The van der Waals surface area contributed by atoms with Gasteiger partial charge < -0.3 is 15.3 Å². The van der Waals surface area contributed by atoms with Crippen molar-refractivity contribution in [1.82, 2.24) is 10.2 Å². The molecule has 0 aromatic rings. The van der Waals surface area contributed by atoms with Crippen LogP contribution in [0.5, 0.6) is 0 Å². The number of nitrogens with one attached hydrogen (secondary N) is 1. The van der Waals surface area contributed by atoms with E-state index in [0.29, 0.717) is 0 Å². The van der Waals surface area contributed by atoms with Crippen LogP contribution in [0.1, 0.15) is 13.8 Å². The van der Waals surface area contributed by atoms with Gasteiger partial charge in [0.2, 0.25) is 5.91 Å². The molecule has 0 spiro atoms. The molecule has 2 atom stereocenters. The zero-order valence-electron chi connectivity index (χ0n) is 11.1. The van der Waals surface area contributed by atoms with Crippen molar-refractivity contribution in [2.24, 2.45) is 5.92 Å². The SMILES string of the molecule is CC(C)C1SCC(C(=O)O)N1C(=O)CNCC(F)(F)F. The summed E-state index contributed by atoms with van der Waals surface area (Å²) in [5.74, 6) is -1.48. The maximum Gasteiger partial charge on any atom is 0.401 e. The topological polar surface area (TPSA) is 69.6 Å². The number of amides is 1. The number of carbonyl (C=O) groups is 2. The van der Waals surface area contributed by atoms with Crippen molar-refractivity contribution in [2.75, 3.05) is 18.8 Å². The van der Waals surface area contributed by atoms with E-state index in [9.17, 15) is 22.8 Å². The minimum atomic E-state index is -4.40. The van der Waals surface area contributed by atoms with Gasteiger partial charge in [-0.3, -0.25) is 4.79 Å². The molecule has 2 unspecified atom stereocenters. The van der Waals surface area contributed by atoms with Crippen LogP contribution in [0.15, 0.2) is 0 Å². The first-order valence-electron chi connectivity index (χ1n) is 6.06. The van der Waals surface area contributed by atoms with Gasteiger partial charge in [0.05, 0.1) is 18.5 Å². The van der Waals surface area contributed by atoms with E-state index in [1.54, 1.807) is 0 Å². The number of alkyl halides is 3. The Morgan fingerprint density at radius 1 is 1.45 bits per heavy atom. The van der Waals surface area contributed by atoms with Gasteiger partial charge in [0, 0.05) is 5.75 Å². The zero-order chi connectivity index (χ0) is 15.5. The summed E-state index contributed by atoms with van der Waals surface area (Å²) < 4.78 is 36.0. The van der Waals surface area contributed by atoms with E-state index in [2.05, 4.69) is 0 Å². The third-order valence-electron chi connectivity index (χ3n) is 2.78. The van der Waals surface area contributed by atoms with Crippen LogP contribution in [0, 0.1) is 5.92 Å². The Labute approximate surface area is 118 Å². The summed E-state index contributed by atoms with van der Waals surface area (Å²) in [6.45, 7) is 1.88. The average molecular weight is 314 g/mol. The quantitative estimate of drug-likeness (QED) is 0.797. The number of carboxylic acid groups (broad SMARTS) is 1. The smallest absolute Gasteiger partial charge is 0.401 e. The lowest BCUT2D eigenvalue weighted by Gasteiger charge is -2.29. The molecule has 1 aliphatic rings. The van der Waals surface area contributed by atoms with Gasteiger partial charge in [0.1, 0.15) is 6.04 Å². The summed E-state index contributed by atoms with van der Waals surface area (Å²) in [7, 11) is 0. The molecule has 116 valence electrons. The Kier molecular flexibility index (Phi) is 5.69. The highest BCUT2D eigenvalue weighted by molar-refractivity contribution is 8.00. The summed E-state index contributed by atoms with van der Waals surface area (Å²) in [6.07, 6.45) is -4.40. The second kappa shape index (κ2) is 6.66. The normalized spacial score (nSPS) is 23.4. The first kappa shape index (κ1) is 17.1. The van der Waals surface area contributed by atoms with Crippen molar-refractivity contribution < 1.29 is 27.9 Å². The number of hydrogen-bond acceptors (Lipinski definition) is 4. The molecule has 1 aliphatic heterocycles. The van der Waals surface area contributed by atoms with Gasteiger partial charge >= 0.3 is 12.1 Å². The molecule has 2 N–H and O–H groups in total. The number of carboxylic acids is 1. The Balaban J connectivity index is 2.67. The molecule has 1 fully saturated rings. The third kappa shape index (κ3) is 4.55. The van der Waals surface area contributed by atoms with Gasteiger partial charge in [0.15, 0.2) is 0 Å². The molecule has 20 heavy (non-hydrogen) atoms.